The van der Waals surface area contributed by atoms with Crippen LogP contribution in [0.2, 0.25) is 0 Å². The van der Waals surface area contributed by atoms with E-state index in [1.165, 1.54) is 6.92 Å². The molecule has 0 aromatic heterocycles. The molecule has 7 nitrogen and oxygen atoms in total. The zero-order valence-corrected chi connectivity index (χ0v) is 10.9. The minimum absolute atomic E-state index is 0. The summed E-state index contributed by atoms with van der Waals surface area (Å²) in [6, 6.07) is 0. The van der Waals surface area contributed by atoms with Gasteiger partial charge in [0.05, 0.1) is 0 Å². The van der Waals surface area contributed by atoms with E-state index in [1.807, 2.05) is 0 Å². The van der Waals surface area contributed by atoms with E-state index in [0.717, 1.165) is 0 Å². The summed E-state index contributed by atoms with van der Waals surface area (Å²) in [5, 5.41) is 25.5. The fraction of sp³-hybridized carbons (Fsp3) is 1.00. The zero-order valence-electron chi connectivity index (χ0n) is 6.99. The van der Waals surface area contributed by atoms with Crippen LogP contribution < -0.4 is 0 Å². The average Bonchev–Trinajstić information content (AvgIpc) is 1.78. The Morgan fingerprint density at radius 3 is 1.85 bits per heavy atom. The summed E-state index contributed by atoms with van der Waals surface area (Å²) in [6.45, 7) is 1.36. The van der Waals surface area contributed by atoms with Gasteiger partial charge < -0.3 is 25.1 Å². The molecule has 5 N–H and O–H groups in total. The molecule has 0 saturated heterocycles. The number of phosphoric ester groups is 1. The minimum atomic E-state index is -4.81. The van der Waals surface area contributed by atoms with Gasteiger partial charge in [0.2, 0.25) is 0 Å². The molecular formula is C4H11O7PZn. The van der Waals surface area contributed by atoms with Crippen LogP contribution in [-0.4, -0.2) is 37.2 Å². The molecule has 0 radical (unpaired) electrons. The summed E-state index contributed by atoms with van der Waals surface area (Å²) >= 11 is 0. The Morgan fingerprint density at radius 2 is 1.77 bits per heavy atom. The number of aliphatic hydroxyl groups is 3. The van der Waals surface area contributed by atoms with Gasteiger partial charge in [0.15, 0.2) is 6.10 Å². The summed E-state index contributed by atoms with van der Waals surface area (Å²) in [5.41, 5.74) is 0. The van der Waals surface area contributed by atoms with Gasteiger partial charge in [-0.25, -0.2) is 4.57 Å². The zero-order chi connectivity index (χ0) is 9.99. The predicted molar refractivity (Wildman–Crippen MR) is 36.6 cm³/mol. The molecular weight excluding hydrogens is 256 g/mol. The Labute approximate surface area is 87.4 Å². The first-order chi connectivity index (χ1) is 5.17. The van der Waals surface area contributed by atoms with E-state index in [2.05, 4.69) is 4.52 Å². The molecule has 0 aliphatic carbocycles. The molecule has 1 atom stereocenters. The van der Waals surface area contributed by atoms with Gasteiger partial charge in [0.25, 0.3) is 0 Å². The van der Waals surface area contributed by atoms with Crippen LogP contribution in [0.4, 0.5) is 0 Å². The fourth-order valence-electron chi connectivity index (χ4n) is 0.585. The maximum absolute atomic E-state index is 10.2. The molecule has 9 heteroatoms. The van der Waals surface area contributed by atoms with E-state index >= 15 is 0 Å². The average molecular weight is 267 g/mol. The van der Waals surface area contributed by atoms with E-state index < -0.39 is 19.9 Å². The van der Waals surface area contributed by atoms with E-state index in [9.17, 15) is 4.57 Å². The normalized spacial score (nSPS) is 14.9. The molecule has 13 heavy (non-hydrogen) atoms. The van der Waals surface area contributed by atoms with Crippen molar-refractivity contribution in [3.05, 3.63) is 0 Å². The molecule has 0 saturated carbocycles. The van der Waals surface area contributed by atoms with Crippen molar-refractivity contribution in [1.82, 2.24) is 0 Å². The van der Waals surface area contributed by atoms with E-state index in [1.54, 1.807) is 0 Å². The molecule has 0 aromatic rings. The number of rotatable bonds is 4. The van der Waals surface area contributed by atoms with Crippen molar-refractivity contribution >= 4 is 7.82 Å². The molecule has 0 rings (SSSR count). The molecule has 0 aliphatic heterocycles. The van der Waals surface area contributed by atoms with Crippen LogP contribution >= 0.6 is 7.82 Å². The third-order valence-corrected chi connectivity index (χ3v) is 1.60. The number of hydrogen-bond acceptors (Lipinski definition) is 5. The van der Waals surface area contributed by atoms with Gasteiger partial charge in [0.1, 0.15) is 0 Å². The van der Waals surface area contributed by atoms with E-state index in [-0.39, 0.29) is 25.9 Å². The van der Waals surface area contributed by atoms with Gasteiger partial charge in [-0.2, -0.15) is 0 Å². The van der Waals surface area contributed by atoms with E-state index in [0.29, 0.717) is 0 Å². The van der Waals surface area contributed by atoms with Crippen LogP contribution in [-0.2, 0) is 28.6 Å². The molecule has 0 spiro atoms. The second-order valence-corrected chi connectivity index (χ2v) is 3.37. The van der Waals surface area contributed by atoms with Crippen molar-refractivity contribution < 1.29 is 53.7 Å². The topological polar surface area (TPSA) is 127 Å². The van der Waals surface area contributed by atoms with Crippen molar-refractivity contribution in [3.63, 3.8) is 0 Å². The van der Waals surface area contributed by atoms with Gasteiger partial charge in [-0.1, -0.05) is 6.92 Å². The Morgan fingerprint density at radius 1 is 1.38 bits per heavy atom. The maximum atomic E-state index is 10.2. The fourth-order valence-corrected chi connectivity index (χ4v) is 1.21. The van der Waals surface area contributed by atoms with Crippen molar-refractivity contribution in [2.24, 2.45) is 0 Å². The van der Waals surface area contributed by atoms with Gasteiger partial charge in [-0.3, -0.25) is 4.52 Å². The van der Waals surface area contributed by atoms with Crippen molar-refractivity contribution in [3.8, 4) is 0 Å². The molecule has 0 heterocycles. The monoisotopic (exact) mass is 266 g/mol. The van der Waals surface area contributed by atoms with Crippen LogP contribution in [0.3, 0.4) is 0 Å². The Hall–Kier alpha value is 0.613. The SMILES string of the molecule is CCC(OP(=O)(O)O)C(O)(O)O.[Zn]. The number of phosphoric acid groups is 1. The molecule has 0 fully saturated rings. The quantitative estimate of drug-likeness (QED) is 0.238. The van der Waals surface area contributed by atoms with Gasteiger partial charge in [0, 0.05) is 19.5 Å². The Balaban J connectivity index is 0. The van der Waals surface area contributed by atoms with Gasteiger partial charge in [-0.15, -0.1) is 0 Å². The smallest absolute Gasteiger partial charge is 0.342 e. The van der Waals surface area contributed by atoms with Gasteiger partial charge >= 0.3 is 13.8 Å². The Bertz CT molecular complexity index is 183. The van der Waals surface area contributed by atoms with Crippen LogP contribution in [0, 0.1) is 0 Å². The first kappa shape index (κ1) is 16.1. The van der Waals surface area contributed by atoms with E-state index in [4.69, 9.17) is 25.1 Å². The van der Waals surface area contributed by atoms with Crippen molar-refractivity contribution in [2.45, 2.75) is 25.4 Å². The summed E-state index contributed by atoms with van der Waals surface area (Å²) in [5.74, 6) is -3.24. The van der Waals surface area contributed by atoms with Crippen LogP contribution in [0.5, 0.6) is 0 Å². The molecule has 1 unspecified atom stereocenters. The van der Waals surface area contributed by atoms with Gasteiger partial charge in [-0.05, 0) is 6.42 Å². The van der Waals surface area contributed by atoms with Crippen molar-refractivity contribution in [2.75, 3.05) is 0 Å². The number of hydrogen-bond donors (Lipinski definition) is 5. The standard InChI is InChI=1S/C4H11O7P.Zn/c1-2-3(4(5,6)7)11-12(8,9)10;/h3,5-7H,2H2,1H3,(H2,8,9,10);. The second-order valence-electron chi connectivity index (χ2n) is 2.18. The summed E-state index contributed by atoms with van der Waals surface area (Å²) in [6.07, 6.45) is -1.90. The van der Waals surface area contributed by atoms with Crippen LogP contribution in [0.1, 0.15) is 13.3 Å². The van der Waals surface area contributed by atoms with Crippen molar-refractivity contribution in [1.29, 1.82) is 0 Å². The summed E-state index contributed by atoms with van der Waals surface area (Å²) in [7, 11) is -4.81. The van der Waals surface area contributed by atoms with Crippen LogP contribution in [0.25, 0.3) is 0 Å². The largest absolute Gasteiger partial charge is 0.470 e. The third kappa shape index (κ3) is 7.67. The Kier molecular flexibility index (Phi) is 6.77. The summed E-state index contributed by atoms with van der Waals surface area (Å²) < 4.78 is 14.1. The molecule has 0 aromatic carbocycles. The maximum Gasteiger partial charge on any atom is 0.470 e. The summed E-state index contributed by atoms with van der Waals surface area (Å²) in [4.78, 5) is 16.5. The molecule has 0 bridgehead atoms. The molecule has 0 amide bonds. The predicted octanol–water partition coefficient (Wildman–Crippen LogP) is -1.50. The second kappa shape index (κ2) is 5.48. The molecule has 76 valence electrons. The third-order valence-electron chi connectivity index (χ3n) is 1.07. The molecule has 0 aliphatic rings. The first-order valence-corrected chi connectivity index (χ1v) is 4.61. The minimum Gasteiger partial charge on any atom is -0.342 e. The first-order valence-electron chi connectivity index (χ1n) is 3.08. The van der Waals surface area contributed by atoms with Crippen LogP contribution in [0.15, 0.2) is 0 Å².